The summed E-state index contributed by atoms with van der Waals surface area (Å²) in [5.74, 6) is 0. The number of ether oxygens (including phenoxy) is 2. The van der Waals surface area contributed by atoms with Crippen molar-refractivity contribution >= 4 is 6.47 Å². The Morgan fingerprint density at radius 2 is 1.95 bits per heavy atom. The largest absolute Gasteiger partial charge is 0.461 e. The van der Waals surface area contributed by atoms with E-state index in [-0.39, 0.29) is 5.60 Å². The number of nitrogens with zero attached hydrogens (tertiary/aromatic N) is 1. The summed E-state index contributed by atoms with van der Waals surface area (Å²) in [4.78, 5) is 12.8. The monoisotopic (exact) mass is 305 g/mol. The van der Waals surface area contributed by atoms with Crippen LogP contribution in [0, 0.1) is 0 Å². The number of carbonyl (C=O) groups excluding carboxylic acids is 1. The number of rotatable bonds is 9. The van der Waals surface area contributed by atoms with E-state index >= 15 is 0 Å². The number of hydrogen-bond donors (Lipinski definition) is 0. The fourth-order valence-electron chi connectivity index (χ4n) is 3.00. The van der Waals surface area contributed by atoms with Gasteiger partial charge < -0.3 is 9.47 Å². The van der Waals surface area contributed by atoms with Crippen molar-refractivity contribution in [1.29, 1.82) is 0 Å². The first kappa shape index (κ1) is 17.0. The van der Waals surface area contributed by atoms with Crippen molar-refractivity contribution in [2.45, 2.75) is 44.8 Å². The lowest BCUT2D eigenvalue weighted by atomic mass is 9.84. The summed E-state index contributed by atoms with van der Waals surface area (Å²) < 4.78 is 11.4. The van der Waals surface area contributed by atoms with Crippen LogP contribution in [0.15, 0.2) is 30.3 Å². The third-order valence-electron chi connectivity index (χ3n) is 4.11. The van der Waals surface area contributed by atoms with Gasteiger partial charge in [-0.1, -0.05) is 43.7 Å². The molecule has 4 nitrogen and oxygen atoms in total. The van der Waals surface area contributed by atoms with Crippen molar-refractivity contribution in [2.24, 2.45) is 0 Å². The molecule has 0 N–H and O–H groups in total. The molecule has 1 heterocycles. The highest BCUT2D eigenvalue weighted by Crippen LogP contribution is 2.37. The topological polar surface area (TPSA) is 38.8 Å². The van der Waals surface area contributed by atoms with Crippen LogP contribution >= 0.6 is 0 Å². The minimum absolute atomic E-state index is 0.215. The highest BCUT2D eigenvalue weighted by atomic mass is 16.5. The van der Waals surface area contributed by atoms with Gasteiger partial charge in [-0.25, -0.2) is 0 Å². The summed E-state index contributed by atoms with van der Waals surface area (Å²) in [6.45, 7) is 9.75. The molecule has 0 radical (unpaired) electrons. The SMILES string of the molecule is CCCCOC1(c2ccccc2)CN(CC(C)(C)OC=O)C1. The smallest absolute Gasteiger partial charge is 0.293 e. The maximum Gasteiger partial charge on any atom is 0.293 e. The van der Waals surface area contributed by atoms with E-state index in [1.807, 2.05) is 19.9 Å². The molecule has 0 unspecified atom stereocenters. The maximum atomic E-state index is 10.6. The van der Waals surface area contributed by atoms with Gasteiger partial charge in [0.1, 0.15) is 11.2 Å². The Morgan fingerprint density at radius 3 is 2.55 bits per heavy atom. The summed E-state index contributed by atoms with van der Waals surface area (Å²) in [5.41, 5.74) is 0.554. The Bertz CT molecular complexity index is 466. The van der Waals surface area contributed by atoms with Crippen molar-refractivity contribution in [2.75, 3.05) is 26.2 Å². The zero-order chi connectivity index (χ0) is 16.1. The molecular weight excluding hydrogens is 278 g/mol. The zero-order valence-electron chi connectivity index (χ0n) is 13.9. The maximum absolute atomic E-state index is 10.6. The molecule has 2 rings (SSSR count). The van der Waals surface area contributed by atoms with Crippen LogP contribution in [0.4, 0.5) is 0 Å². The Balaban J connectivity index is 2.00. The second-order valence-electron chi connectivity index (χ2n) is 6.68. The minimum atomic E-state index is -0.464. The average molecular weight is 305 g/mol. The fourth-order valence-corrected chi connectivity index (χ4v) is 3.00. The molecule has 1 aromatic carbocycles. The van der Waals surface area contributed by atoms with Crippen LogP contribution in [0.25, 0.3) is 0 Å². The van der Waals surface area contributed by atoms with Gasteiger partial charge in [0.25, 0.3) is 6.47 Å². The lowest BCUT2D eigenvalue weighted by molar-refractivity contribution is -0.171. The van der Waals surface area contributed by atoms with Gasteiger partial charge in [0.2, 0.25) is 0 Å². The number of benzene rings is 1. The van der Waals surface area contributed by atoms with Gasteiger partial charge in [-0.15, -0.1) is 0 Å². The molecule has 4 heteroatoms. The summed E-state index contributed by atoms with van der Waals surface area (Å²) in [5, 5.41) is 0. The predicted molar refractivity (Wildman–Crippen MR) is 86.6 cm³/mol. The standard InChI is InChI=1S/C18H27NO3/c1-4-5-11-21-18(16-9-7-6-8-10-16)13-19(14-18)12-17(2,3)22-15-20/h6-10,15H,4-5,11-14H2,1-3H3. The molecular formula is C18H27NO3. The van der Waals surface area contributed by atoms with E-state index < -0.39 is 5.60 Å². The minimum Gasteiger partial charge on any atom is -0.461 e. The van der Waals surface area contributed by atoms with Crippen molar-refractivity contribution in [3.63, 3.8) is 0 Å². The van der Waals surface area contributed by atoms with E-state index in [4.69, 9.17) is 9.47 Å². The molecule has 0 saturated carbocycles. The number of carbonyl (C=O) groups is 1. The van der Waals surface area contributed by atoms with E-state index in [0.29, 0.717) is 6.47 Å². The fraction of sp³-hybridized carbons (Fsp3) is 0.611. The molecule has 0 aromatic heterocycles. The molecule has 122 valence electrons. The molecule has 0 spiro atoms. The van der Waals surface area contributed by atoms with Crippen LogP contribution in [0.3, 0.4) is 0 Å². The molecule has 1 aliphatic heterocycles. The summed E-state index contributed by atoms with van der Waals surface area (Å²) in [6, 6.07) is 10.4. The van der Waals surface area contributed by atoms with Crippen LogP contribution in [0.1, 0.15) is 39.2 Å². The molecule has 22 heavy (non-hydrogen) atoms. The first-order chi connectivity index (χ1) is 10.5. The van der Waals surface area contributed by atoms with E-state index in [1.165, 1.54) is 5.56 Å². The number of hydrogen-bond acceptors (Lipinski definition) is 4. The van der Waals surface area contributed by atoms with Gasteiger partial charge >= 0.3 is 0 Å². The van der Waals surface area contributed by atoms with Crippen LogP contribution < -0.4 is 0 Å². The number of likely N-dealkylation sites (tertiary alicyclic amines) is 1. The molecule has 1 fully saturated rings. The first-order valence-corrected chi connectivity index (χ1v) is 8.05. The molecule has 1 aromatic rings. The van der Waals surface area contributed by atoms with Gasteiger partial charge in [-0.3, -0.25) is 9.69 Å². The summed E-state index contributed by atoms with van der Waals surface area (Å²) >= 11 is 0. The Morgan fingerprint density at radius 1 is 1.27 bits per heavy atom. The second-order valence-corrected chi connectivity index (χ2v) is 6.68. The Hall–Kier alpha value is -1.39. The van der Waals surface area contributed by atoms with Crippen LogP contribution in [-0.4, -0.2) is 43.2 Å². The molecule has 0 amide bonds. The quantitative estimate of drug-likeness (QED) is 0.519. The number of unbranched alkanes of at least 4 members (excludes halogenated alkanes) is 1. The van der Waals surface area contributed by atoms with Crippen LogP contribution in [-0.2, 0) is 19.9 Å². The van der Waals surface area contributed by atoms with Crippen LogP contribution in [0.5, 0.6) is 0 Å². The molecule has 0 atom stereocenters. The van der Waals surface area contributed by atoms with Crippen molar-refractivity contribution in [3.8, 4) is 0 Å². The van der Waals surface area contributed by atoms with Gasteiger partial charge in [0, 0.05) is 26.2 Å². The van der Waals surface area contributed by atoms with E-state index in [1.54, 1.807) is 0 Å². The lowest BCUT2D eigenvalue weighted by Crippen LogP contribution is -2.63. The molecule has 1 saturated heterocycles. The third-order valence-corrected chi connectivity index (χ3v) is 4.11. The van der Waals surface area contributed by atoms with Crippen LogP contribution in [0.2, 0.25) is 0 Å². The van der Waals surface area contributed by atoms with Crippen molar-refractivity contribution in [3.05, 3.63) is 35.9 Å². The summed E-state index contributed by atoms with van der Waals surface area (Å²) in [7, 11) is 0. The summed E-state index contributed by atoms with van der Waals surface area (Å²) in [6.07, 6.45) is 2.21. The molecule has 0 aliphatic carbocycles. The van der Waals surface area contributed by atoms with Gasteiger partial charge in [0.15, 0.2) is 0 Å². The molecule has 1 aliphatic rings. The van der Waals surface area contributed by atoms with Gasteiger partial charge in [0.05, 0.1) is 0 Å². The zero-order valence-corrected chi connectivity index (χ0v) is 13.9. The van der Waals surface area contributed by atoms with E-state index in [9.17, 15) is 4.79 Å². The van der Waals surface area contributed by atoms with E-state index in [0.717, 1.165) is 39.1 Å². The van der Waals surface area contributed by atoms with Gasteiger partial charge in [-0.05, 0) is 25.8 Å². The highest BCUT2D eigenvalue weighted by molar-refractivity contribution is 5.38. The lowest BCUT2D eigenvalue weighted by Gasteiger charge is -2.51. The second kappa shape index (κ2) is 7.25. The normalized spacial score (nSPS) is 17.8. The van der Waals surface area contributed by atoms with Crippen molar-refractivity contribution in [1.82, 2.24) is 4.90 Å². The Labute approximate surface area is 133 Å². The third kappa shape index (κ3) is 4.08. The van der Waals surface area contributed by atoms with E-state index in [2.05, 4.69) is 36.1 Å². The molecule has 0 bridgehead atoms. The Kier molecular flexibility index (Phi) is 5.59. The van der Waals surface area contributed by atoms with Crippen molar-refractivity contribution < 1.29 is 14.3 Å². The predicted octanol–water partition coefficient (Wildman–Crippen LogP) is 2.97. The average Bonchev–Trinajstić information content (AvgIpc) is 2.45. The highest BCUT2D eigenvalue weighted by Gasteiger charge is 2.46. The van der Waals surface area contributed by atoms with Gasteiger partial charge in [-0.2, -0.15) is 0 Å². The first-order valence-electron chi connectivity index (χ1n) is 8.05.